The highest BCUT2D eigenvalue weighted by atomic mass is 32.2. The monoisotopic (exact) mass is 262 g/mol. The molecule has 100 valence electrons. The van der Waals surface area contributed by atoms with E-state index in [-0.39, 0.29) is 0 Å². The Morgan fingerprint density at radius 3 is 2.33 bits per heavy atom. The van der Waals surface area contributed by atoms with E-state index in [9.17, 15) is 0 Å². The normalized spacial score (nSPS) is 29.2. The van der Waals surface area contributed by atoms with Crippen LogP contribution >= 0.6 is 11.8 Å². The van der Waals surface area contributed by atoms with Gasteiger partial charge in [0.05, 0.1) is 0 Å². The molecular weight excluding hydrogens is 236 g/mol. The van der Waals surface area contributed by atoms with E-state index >= 15 is 0 Å². The van der Waals surface area contributed by atoms with Crippen molar-refractivity contribution in [3.8, 4) is 0 Å². The van der Waals surface area contributed by atoms with Crippen LogP contribution in [0.3, 0.4) is 0 Å². The third kappa shape index (κ3) is 3.32. The maximum absolute atomic E-state index is 2.45. The van der Waals surface area contributed by atoms with Crippen LogP contribution in [0.1, 0.15) is 47.0 Å². The Labute approximate surface area is 117 Å². The molecule has 0 spiro atoms. The first-order valence-corrected chi connectivity index (χ1v) is 8.05. The summed E-state index contributed by atoms with van der Waals surface area (Å²) < 4.78 is 0.348. The highest BCUT2D eigenvalue weighted by molar-refractivity contribution is 8.00. The largest absolute Gasteiger partial charge is 0.120 e. The summed E-state index contributed by atoms with van der Waals surface area (Å²) in [7, 11) is 0. The lowest BCUT2D eigenvalue weighted by molar-refractivity contribution is 0.174. The molecule has 18 heavy (non-hydrogen) atoms. The Bertz CT molecular complexity index is 368. The second-order valence-electron chi connectivity index (χ2n) is 6.52. The summed E-state index contributed by atoms with van der Waals surface area (Å²) in [4.78, 5) is 1.41. The Morgan fingerprint density at radius 1 is 1.06 bits per heavy atom. The standard InChI is InChI=1S/C17H26S/c1-13-10-11-16(14(2)12-13)17(3,4)18-15-8-6-5-7-9-15/h5-9,13-14,16H,10-12H2,1-4H3. The van der Waals surface area contributed by atoms with E-state index in [1.165, 1.54) is 24.2 Å². The molecule has 1 fully saturated rings. The van der Waals surface area contributed by atoms with Gasteiger partial charge in [0.2, 0.25) is 0 Å². The zero-order valence-electron chi connectivity index (χ0n) is 12.1. The molecule has 0 bridgehead atoms. The number of hydrogen-bond acceptors (Lipinski definition) is 1. The molecule has 1 aromatic carbocycles. The molecule has 1 aliphatic rings. The molecule has 0 amide bonds. The average Bonchev–Trinajstić information content (AvgIpc) is 2.29. The lowest BCUT2D eigenvalue weighted by atomic mass is 9.70. The van der Waals surface area contributed by atoms with Crippen LogP contribution in [0, 0.1) is 17.8 Å². The van der Waals surface area contributed by atoms with Gasteiger partial charge in [0.1, 0.15) is 0 Å². The van der Waals surface area contributed by atoms with Crippen molar-refractivity contribution < 1.29 is 0 Å². The lowest BCUT2D eigenvalue weighted by Gasteiger charge is -2.42. The maximum atomic E-state index is 2.45. The summed E-state index contributed by atoms with van der Waals surface area (Å²) in [5.74, 6) is 2.63. The smallest absolute Gasteiger partial charge is 0.0181 e. The maximum Gasteiger partial charge on any atom is 0.0181 e. The molecule has 3 unspecified atom stereocenters. The first-order valence-electron chi connectivity index (χ1n) is 7.23. The summed E-state index contributed by atoms with van der Waals surface area (Å²) in [5, 5.41) is 0. The van der Waals surface area contributed by atoms with Crippen LogP contribution in [0.15, 0.2) is 35.2 Å². The topological polar surface area (TPSA) is 0 Å². The van der Waals surface area contributed by atoms with Crippen molar-refractivity contribution in [2.75, 3.05) is 0 Å². The van der Waals surface area contributed by atoms with E-state index < -0.39 is 0 Å². The molecule has 0 aromatic heterocycles. The minimum Gasteiger partial charge on any atom is -0.120 e. The highest BCUT2D eigenvalue weighted by Crippen LogP contribution is 2.47. The van der Waals surface area contributed by atoms with Crippen molar-refractivity contribution in [3.63, 3.8) is 0 Å². The highest BCUT2D eigenvalue weighted by Gasteiger charge is 2.37. The predicted octanol–water partition coefficient (Wildman–Crippen LogP) is 5.63. The fraction of sp³-hybridized carbons (Fsp3) is 0.647. The SMILES string of the molecule is CC1CCC(C(C)(C)Sc2ccccc2)C(C)C1. The molecule has 1 aliphatic carbocycles. The molecule has 0 radical (unpaired) electrons. The minimum atomic E-state index is 0.348. The van der Waals surface area contributed by atoms with Crippen LogP contribution in [0.25, 0.3) is 0 Å². The Kier molecular flexibility index (Phi) is 4.42. The molecule has 2 rings (SSSR count). The number of hydrogen-bond donors (Lipinski definition) is 0. The van der Waals surface area contributed by atoms with Crippen LogP contribution in [-0.4, -0.2) is 4.75 Å². The van der Waals surface area contributed by atoms with Gasteiger partial charge in [-0.3, -0.25) is 0 Å². The zero-order valence-corrected chi connectivity index (χ0v) is 13.0. The van der Waals surface area contributed by atoms with Crippen LogP contribution in [0.5, 0.6) is 0 Å². The van der Waals surface area contributed by atoms with Crippen molar-refractivity contribution in [2.45, 2.75) is 56.6 Å². The second-order valence-corrected chi connectivity index (χ2v) is 8.25. The van der Waals surface area contributed by atoms with Crippen LogP contribution < -0.4 is 0 Å². The van der Waals surface area contributed by atoms with Gasteiger partial charge in [0, 0.05) is 9.64 Å². The van der Waals surface area contributed by atoms with Crippen LogP contribution in [0.4, 0.5) is 0 Å². The van der Waals surface area contributed by atoms with Crippen molar-refractivity contribution in [1.29, 1.82) is 0 Å². The number of thioether (sulfide) groups is 1. The van der Waals surface area contributed by atoms with Gasteiger partial charge in [-0.25, -0.2) is 0 Å². The molecule has 0 nitrogen and oxygen atoms in total. The van der Waals surface area contributed by atoms with Gasteiger partial charge in [0.25, 0.3) is 0 Å². The van der Waals surface area contributed by atoms with E-state index in [0.29, 0.717) is 4.75 Å². The Balaban J connectivity index is 2.06. The van der Waals surface area contributed by atoms with Crippen molar-refractivity contribution in [3.05, 3.63) is 30.3 Å². The number of benzene rings is 1. The lowest BCUT2D eigenvalue weighted by Crippen LogP contribution is -2.36. The average molecular weight is 262 g/mol. The molecule has 0 N–H and O–H groups in total. The van der Waals surface area contributed by atoms with E-state index in [4.69, 9.17) is 0 Å². The predicted molar refractivity (Wildman–Crippen MR) is 82.0 cm³/mol. The van der Waals surface area contributed by atoms with Gasteiger partial charge in [-0.15, -0.1) is 11.8 Å². The van der Waals surface area contributed by atoms with E-state index in [2.05, 4.69) is 69.8 Å². The van der Waals surface area contributed by atoms with Gasteiger partial charge >= 0.3 is 0 Å². The third-order valence-electron chi connectivity index (χ3n) is 4.45. The van der Waals surface area contributed by atoms with E-state index in [1.54, 1.807) is 0 Å². The summed E-state index contributed by atoms with van der Waals surface area (Å²) >= 11 is 2.06. The minimum absolute atomic E-state index is 0.348. The fourth-order valence-corrected chi connectivity index (χ4v) is 4.97. The Hall–Kier alpha value is -0.430. The van der Waals surface area contributed by atoms with Gasteiger partial charge in [-0.05, 0) is 42.7 Å². The molecule has 1 heteroatoms. The summed E-state index contributed by atoms with van der Waals surface area (Å²) in [6.07, 6.45) is 4.21. The summed E-state index contributed by atoms with van der Waals surface area (Å²) in [5.41, 5.74) is 0. The quantitative estimate of drug-likeness (QED) is 0.636. The summed E-state index contributed by atoms with van der Waals surface area (Å²) in [6, 6.07) is 10.9. The molecule has 3 atom stereocenters. The zero-order chi connectivity index (χ0) is 13.2. The molecule has 1 saturated carbocycles. The Morgan fingerprint density at radius 2 is 1.72 bits per heavy atom. The van der Waals surface area contributed by atoms with Crippen molar-refractivity contribution in [2.24, 2.45) is 17.8 Å². The van der Waals surface area contributed by atoms with Gasteiger partial charge < -0.3 is 0 Å². The van der Waals surface area contributed by atoms with Gasteiger partial charge in [-0.1, -0.05) is 52.3 Å². The third-order valence-corrected chi connectivity index (χ3v) is 5.79. The van der Waals surface area contributed by atoms with E-state index in [0.717, 1.165) is 17.8 Å². The van der Waals surface area contributed by atoms with Crippen LogP contribution in [0.2, 0.25) is 0 Å². The fourth-order valence-electron chi connectivity index (χ4n) is 3.57. The molecule has 1 aromatic rings. The second kappa shape index (κ2) is 5.69. The van der Waals surface area contributed by atoms with Crippen molar-refractivity contribution in [1.82, 2.24) is 0 Å². The summed E-state index contributed by atoms with van der Waals surface area (Å²) in [6.45, 7) is 9.72. The molecule has 0 aliphatic heterocycles. The molecule has 0 saturated heterocycles. The molecular formula is C17H26S. The first kappa shape index (κ1) is 14.0. The van der Waals surface area contributed by atoms with Gasteiger partial charge in [0.15, 0.2) is 0 Å². The van der Waals surface area contributed by atoms with Crippen molar-refractivity contribution >= 4 is 11.8 Å². The first-order chi connectivity index (χ1) is 8.49. The van der Waals surface area contributed by atoms with Gasteiger partial charge in [-0.2, -0.15) is 0 Å². The molecule has 0 heterocycles. The number of rotatable bonds is 3. The van der Waals surface area contributed by atoms with E-state index in [1.807, 2.05) is 0 Å². The van der Waals surface area contributed by atoms with Crippen LogP contribution in [-0.2, 0) is 0 Å².